The van der Waals surface area contributed by atoms with E-state index in [-0.39, 0.29) is 24.0 Å². The molecule has 5 nitrogen and oxygen atoms in total. The van der Waals surface area contributed by atoms with Crippen LogP contribution in [0.25, 0.3) is 0 Å². The topological polar surface area (TPSA) is 80.7 Å². The molecule has 0 aliphatic heterocycles. The number of ketones is 1. The van der Waals surface area contributed by atoms with Gasteiger partial charge in [0.05, 0.1) is 12.8 Å². The molecule has 0 heterocycles. The van der Waals surface area contributed by atoms with Gasteiger partial charge in [0.15, 0.2) is 11.9 Å². The van der Waals surface area contributed by atoms with Crippen LogP contribution in [0.1, 0.15) is 40.0 Å². The lowest BCUT2D eigenvalue weighted by Crippen LogP contribution is -2.36. The van der Waals surface area contributed by atoms with Gasteiger partial charge >= 0.3 is 11.9 Å². The molecule has 0 saturated heterocycles. The average Bonchev–Trinajstić information content (AvgIpc) is 2.21. The van der Waals surface area contributed by atoms with Gasteiger partial charge in [-0.15, -0.1) is 0 Å². The number of carboxylic acid groups (broad SMARTS) is 1. The molecule has 5 heteroatoms. The number of carbonyl (C=O) groups excluding carboxylic acids is 2. The third-order valence-electron chi connectivity index (χ3n) is 2.82. The number of hydrogen-bond acceptors (Lipinski definition) is 4. The van der Waals surface area contributed by atoms with E-state index in [0.717, 1.165) is 0 Å². The van der Waals surface area contributed by atoms with E-state index in [1.165, 1.54) is 0 Å². The quantitative estimate of drug-likeness (QED) is 0.772. The van der Waals surface area contributed by atoms with Crippen LogP contribution in [0.5, 0.6) is 0 Å². The highest BCUT2D eigenvalue weighted by Gasteiger charge is 2.35. The van der Waals surface area contributed by atoms with Gasteiger partial charge in [-0.25, -0.2) is 0 Å². The third kappa shape index (κ3) is 3.98. The fraction of sp³-hybridized carbons (Fsp3) is 0.615. The highest BCUT2D eigenvalue weighted by Crippen LogP contribution is 2.33. The molecule has 0 saturated carbocycles. The van der Waals surface area contributed by atoms with Gasteiger partial charge in [-0.2, -0.15) is 0 Å². The van der Waals surface area contributed by atoms with E-state index < -0.39 is 18.0 Å². The van der Waals surface area contributed by atoms with Crippen molar-refractivity contribution in [1.29, 1.82) is 0 Å². The van der Waals surface area contributed by atoms with E-state index in [1.807, 2.05) is 19.9 Å². The highest BCUT2D eigenvalue weighted by atomic mass is 16.5. The van der Waals surface area contributed by atoms with Gasteiger partial charge in [-0.1, -0.05) is 19.9 Å². The number of ether oxygens (including phenoxy) is 1. The first kappa shape index (κ1) is 14.4. The van der Waals surface area contributed by atoms with Crippen molar-refractivity contribution in [1.82, 2.24) is 0 Å². The Morgan fingerprint density at radius 3 is 2.61 bits per heavy atom. The Morgan fingerprint density at radius 1 is 1.44 bits per heavy atom. The number of allylic oxidation sites excluding steroid dienone is 1. The van der Waals surface area contributed by atoms with Crippen LogP contribution in [0.2, 0.25) is 0 Å². The molecule has 1 N–H and O–H groups in total. The van der Waals surface area contributed by atoms with Crippen LogP contribution < -0.4 is 0 Å². The van der Waals surface area contributed by atoms with Crippen molar-refractivity contribution in [3.8, 4) is 0 Å². The van der Waals surface area contributed by atoms with E-state index in [1.54, 1.807) is 6.92 Å². The molecule has 0 amide bonds. The van der Waals surface area contributed by atoms with Crippen molar-refractivity contribution in [2.45, 2.75) is 46.1 Å². The van der Waals surface area contributed by atoms with Gasteiger partial charge in [0.25, 0.3) is 0 Å². The van der Waals surface area contributed by atoms with Crippen molar-refractivity contribution >= 4 is 17.7 Å². The number of Topliss-reactive ketones (excluding diaryl/α,β-unsaturated/α-hetero) is 1. The van der Waals surface area contributed by atoms with Crippen molar-refractivity contribution in [2.24, 2.45) is 5.41 Å². The molecule has 0 aromatic carbocycles. The van der Waals surface area contributed by atoms with Crippen molar-refractivity contribution in [3.05, 3.63) is 11.6 Å². The molecule has 1 atom stereocenters. The van der Waals surface area contributed by atoms with Gasteiger partial charge in [-0.3, -0.25) is 14.4 Å². The summed E-state index contributed by atoms with van der Waals surface area (Å²) >= 11 is 0. The lowest BCUT2D eigenvalue weighted by atomic mass is 9.78. The Labute approximate surface area is 106 Å². The van der Waals surface area contributed by atoms with E-state index in [2.05, 4.69) is 0 Å². The molecule has 0 aromatic heterocycles. The zero-order valence-electron chi connectivity index (χ0n) is 10.9. The minimum absolute atomic E-state index is 0.196. The molecule has 1 aliphatic rings. The van der Waals surface area contributed by atoms with Crippen LogP contribution in [-0.4, -0.2) is 28.9 Å². The maximum absolute atomic E-state index is 11.8. The molecule has 0 aromatic rings. The summed E-state index contributed by atoms with van der Waals surface area (Å²) in [5, 5.41) is 8.46. The molecule has 100 valence electrons. The second-order valence-electron chi connectivity index (χ2n) is 5.26. The molecule has 0 spiro atoms. The number of carbonyl (C=O) groups is 3. The minimum Gasteiger partial charge on any atom is -0.481 e. The predicted octanol–water partition coefficient (Wildman–Crippen LogP) is 1.71. The SMILES string of the molecule is CC1=CC(C)(C)CC(OC(=O)CCC(=O)O)C1=O. The molecular formula is C13H18O5. The van der Waals surface area contributed by atoms with Gasteiger partial charge in [0.2, 0.25) is 0 Å². The van der Waals surface area contributed by atoms with Crippen LogP contribution in [0, 0.1) is 5.41 Å². The second-order valence-corrected chi connectivity index (χ2v) is 5.26. The average molecular weight is 254 g/mol. The first-order valence-corrected chi connectivity index (χ1v) is 5.86. The smallest absolute Gasteiger partial charge is 0.307 e. The summed E-state index contributed by atoms with van der Waals surface area (Å²) in [6.07, 6.45) is 1.03. The summed E-state index contributed by atoms with van der Waals surface area (Å²) in [6, 6.07) is 0. The Bertz CT molecular complexity index is 406. The molecule has 1 aliphatic carbocycles. The number of rotatable bonds is 4. The van der Waals surface area contributed by atoms with Crippen molar-refractivity contribution < 1.29 is 24.2 Å². The Hall–Kier alpha value is -1.65. The lowest BCUT2D eigenvalue weighted by molar-refractivity contribution is -0.157. The first-order chi connectivity index (χ1) is 8.21. The monoisotopic (exact) mass is 254 g/mol. The second kappa shape index (κ2) is 5.33. The molecule has 0 radical (unpaired) electrons. The number of esters is 1. The molecular weight excluding hydrogens is 236 g/mol. The largest absolute Gasteiger partial charge is 0.481 e. The predicted molar refractivity (Wildman–Crippen MR) is 63.9 cm³/mol. The number of hydrogen-bond donors (Lipinski definition) is 1. The summed E-state index contributed by atoms with van der Waals surface area (Å²) in [6.45, 7) is 5.61. The third-order valence-corrected chi connectivity index (χ3v) is 2.82. The Balaban J connectivity index is 2.62. The van der Waals surface area contributed by atoms with Crippen LogP contribution >= 0.6 is 0 Å². The molecule has 18 heavy (non-hydrogen) atoms. The Morgan fingerprint density at radius 2 is 2.06 bits per heavy atom. The highest BCUT2D eigenvalue weighted by molar-refractivity contribution is 6.00. The normalized spacial score (nSPS) is 22.3. The van der Waals surface area contributed by atoms with Gasteiger partial charge < -0.3 is 9.84 Å². The fourth-order valence-electron chi connectivity index (χ4n) is 2.06. The lowest BCUT2D eigenvalue weighted by Gasteiger charge is -2.31. The summed E-state index contributed by atoms with van der Waals surface area (Å²) < 4.78 is 5.07. The summed E-state index contributed by atoms with van der Waals surface area (Å²) in [4.78, 5) is 33.6. The standard InChI is InChI=1S/C13H18O5/c1-8-6-13(2,3)7-9(12(8)17)18-11(16)5-4-10(14)15/h6,9H,4-5,7H2,1-3H3,(H,14,15). The number of aliphatic carboxylic acids is 1. The fourth-order valence-corrected chi connectivity index (χ4v) is 2.06. The summed E-state index contributed by atoms with van der Waals surface area (Å²) in [7, 11) is 0. The van der Waals surface area contributed by atoms with Crippen LogP contribution in [0.4, 0.5) is 0 Å². The molecule has 1 unspecified atom stereocenters. The van der Waals surface area contributed by atoms with Crippen LogP contribution in [-0.2, 0) is 19.1 Å². The molecule has 0 fully saturated rings. The zero-order chi connectivity index (χ0) is 13.9. The maximum Gasteiger partial charge on any atom is 0.307 e. The number of carboxylic acids is 1. The summed E-state index contributed by atoms with van der Waals surface area (Å²) in [5.41, 5.74) is 0.387. The van der Waals surface area contributed by atoms with E-state index >= 15 is 0 Å². The first-order valence-electron chi connectivity index (χ1n) is 5.86. The summed E-state index contributed by atoms with van der Waals surface area (Å²) in [5.74, 6) is -1.89. The van der Waals surface area contributed by atoms with Crippen molar-refractivity contribution in [2.75, 3.05) is 0 Å². The van der Waals surface area contributed by atoms with E-state index in [4.69, 9.17) is 9.84 Å². The Kier molecular flexibility index (Phi) is 4.27. The van der Waals surface area contributed by atoms with Gasteiger partial charge in [0.1, 0.15) is 0 Å². The van der Waals surface area contributed by atoms with E-state index in [9.17, 15) is 14.4 Å². The van der Waals surface area contributed by atoms with E-state index in [0.29, 0.717) is 12.0 Å². The molecule has 0 bridgehead atoms. The zero-order valence-corrected chi connectivity index (χ0v) is 10.9. The maximum atomic E-state index is 11.8. The van der Waals surface area contributed by atoms with Crippen LogP contribution in [0.15, 0.2) is 11.6 Å². The van der Waals surface area contributed by atoms with Crippen molar-refractivity contribution in [3.63, 3.8) is 0 Å². The minimum atomic E-state index is -1.06. The van der Waals surface area contributed by atoms with Gasteiger partial charge in [0, 0.05) is 6.42 Å². The molecule has 1 rings (SSSR count). The van der Waals surface area contributed by atoms with Gasteiger partial charge in [-0.05, 0) is 17.9 Å². The van der Waals surface area contributed by atoms with Crippen LogP contribution in [0.3, 0.4) is 0 Å².